The molecule has 0 bridgehead atoms. The van der Waals surface area contributed by atoms with E-state index in [4.69, 9.17) is 4.74 Å². The molecule has 2 aromatic rings. The molecule has 27 heavy (non-hydrogen) atoms. The number of aryl methyl sites for hydroxylation is 1. The number of rotatable bonds is 3. The Kier molecular flexibility index (Phi) is 5.18. The molecule has 1 N–H and O–H groups in total. The topological polar surface area (TPSA) is 76.5 Å². The van der Waals surface area contributed by atoms with Gasteiger partial charge in [0.1, 0.15) is 0 Å². The third-order valence-electron chi connectivity index (χ3n) is 4.88. The number of benzene rings is 1. The quantitative estimate of drug-likeness (QED) is 0.810. The lowest BCUT2D eigenvalue weighted by atomic mass is 10.1. The Morgan fingerprint density at radius 1 is 1.26 bits per heavy atom. The average Bonchev–Trinajstić information content (AvgIpc) is 2.72. The van der Waals surface area contributed by atoms with E-state index in [0.717, 1.165) is 37.7 Å². The fourth-order valence-corrected chi connectivity index (χ4v) is 4.33. The first-order chi connectivity index (χ1) is 13.1. The number of amides is 1. The number of hydrogen-bond donors (Lipinski definition) is 1. The molecule has 0 saturated carbocycles. The van der Waals surface area contributed by atoms with E-state index in [1.54, 1.807) is 17.7 Å². The summed E-state index contributed by atoms with van der Waals surface area (Å²) in [5.41, 5.74) is 2.42. The SMILES string of the molecule is Cc1cnc2n(c1=O)CC(C(=O)Nc1ccc(N3CCOCC3)cc1)CS2. The van der Waals surface area contributed by atoms with Gasteiger partial charge in [-0.15, -0.1) is 0 Å². The molecule has 1 aromatic heterocycles. The number of carbonyl (C=O) groups is 1. The summed E-state index contributed by atoms with van der Waals surface area (Å²) in [5.74, 6) is 0.288. The van der Waals surface area contributed by atoms with Crippen LogP contribution < -0.4 is 15.8 Å². The highest BCUT2D eigenvalue weighted by molar-refractivity contribution is 7.99. The van der Waals surface area contributed by atoms with Crippen LogP contribution in [0, 0.1) is 12.8 Å². The van der Waals surface area contributed by atoms with Crippen molar-refractivity contribution in [1.29, 1.82) is 0 Å². The van der Waals surface area contributed by atoms with Crippen molar-refractivity contribution in [3.63, 3.8) is 0 Å². The molecule has 0 radical (unpaired) electrons. The molecule has 3 heterocycles. The van der Waals surface area contributed by atoms with E-state index in [0.29, 0.717) is 23.0 Å². The van der Waals surface area contributed by atoms with Crippen LogP contribution in [0.3, 0.4) is 0 Å². The number of hydrogen-bond acceptors (Lipinski definition) is 6. The van der Waals surface area contributed by atoms with Gasteiger partial charge in [-0.05, 0) is 31.2 Å². The largest absolute Gasteiger partial charge is 0.378 e. The molecule has 1 amide bonds. The normalized spacial score (nSPS) is 19.4. The van der Waals surface area contributed by atoms with Crippen LogP contribution in [-0.4, -0.2) is 47.5 Å². The van der Waals surface area contributed by atoms with Gasteiger partial charge in [-0.2, -0.15) is 0 Å². The van der Waals surface area contributed by atoms with Gasteiger partial charge in [-0.3, -0.25) is 14.2 Å². The van der Waals surface area contributed by atoms with Crippen molar-refractivity contribution in [2.75, 3.05) is 42.3 Å². The summed E-state index contributed by atoms with van der Waals surface area (Å²) in [6.45, 7) is 5.36. The van der Waals surface area contributed by atoms with Gasteiger partial charge < -0.3 is 15.0 Å². The van der Waals surface area contributed by atoms with Gasteiger partial charge in [0.15, 0.2) is 5.16 Å². The van der Waals surface area contributed by atoms with Crippen molar-refractivity contribution in [1.82, 2.24) is 9.55 Å². The molecule has 4 rings (SSSR count). The molecule has 1 unspecified atom stereocenters. The maximum absolute atomic E-state index is 12.7. The fraction of sp³-hybridized carbons (Fsp3) is 0.421. The number of aromatic nitrogens is 2. The molecule has 2 aliphatic heterocycles. The van der Waals surface area contributed by atoms with Crippen LogP contribution >= 0.6 is 11.8 Å². The van der Waals surface area contributed by atoms with Crippen LogP contribution in [0.5, 0.6) is 0 Å². The maximum atomic E-state index is 12.7. The predicted molar refractivity (Wildman–Crippen MR) is 106 cm³/mol. The monoisotopic (exact) mass is 386 g/mol. The predicted octanol–water partition coefficient (Wildman–Crippen LogP) is 1.75. The van der Waals surface area contributed by atoms with E-state index in [1.165, 1.54) is 11.8 Å². The average molecular weight is 386 g/mol. The second-order valence-electron chi connectivity index (χ2n) is 6.78. The minimum Gasteiger partial charge on any atom is -0.378 e. The van der Waals surface area contributed by atoms with Crippen LogP contribution in [0.15, 0.2) is 40.4 Å². The maximum Gasteiger partial charge on any atom is 0.257 e. The van der Waals surface area contributed by atoms with Crippen LogP contribution in [0.1, 0.15) is 5.56 Å². The highest BCUT2D eigenvalue weighted by Gasteiger charge is 2.27. The zero-order valence-corrected chi connectivity index (χ0v) is 16.0. The molecule has 0 aliphatic carbocycles. The first-order valence-electron chi connectivity index (χ1n) is 9.04. The van der Waals surface area contributed by atoms with E-state index in [1.807, 2.05) is 24.3 Å². The zero-order chi connectivity index (χ0) is 18.8. The minimum absolute atomic E-state index is 0.0688. The van der Waals surface area contributed by atoms with Crippen LogP contribution in [-0.2, 0) is 16.1 Å². The molecular formula is C19H22N4O3S. The summed E-state index contributed by atoms with van der Waals surface area (Å²) in [5, 5.41) is 3.66. The summed E-state index contributed by atoms with van der Waals surface area (Å²) < 4.78 is 6.98. The molecule has 0 spiro atoms. The molecule has 2 aliphatic rings. The van der Waals surface area contributed by atoms with Crippen LogP contribution in [0.25, 0.3) is 0 Å². The zero-order valence-electron chi connectivity index (χ0n) is 15.2. The van der Waals surface area contributed by atoms with Crippen molar-refractivity contribution < 1.29 is 9.53 Å². The fourth-order valence-electron chi connectivity index (χ4n) is 3.28. The van der Waals surface area contributed by atoms with E-state index < -0.39 is 0 Å². The second-order valence-corrected chi connectivity index (χ2v) is 7.77. The van der Waals surface area contributed by atoms with Crippen LogP contribution in [0.4, 0.5) is 11.4 Å². The summed E-state index contributed by atoms with van der Waals surface area (Å²) in [4.78, 5) is 31.5. The molecular weight excluding hydrogens is 364 g/mol. The van der Waals surface area contributed by atoms with Gasteiger partial charge >= 0.3 is 0 Å². The Morgan fingerprint density at radius 3 is 2.74 bits per heavy atom. The van der Waals surface area contributed by atoms with Gasteiger partial charge in [0, 0.05) is 48.5 Å². The number of anilines is 2. The smallest absolute Gasteiger partial charge is 0.257 e. The summed E-state index contributed by atoms with van der Waals surface area (Å²) in [7, 11) is 0. The van der Waals surface area contributed by atoms with Gasteiger partial charge in [-0.1, -0.05) is 11.8 Å². The first-order valence-corrected chi connectivity index (χ1v) is 10.0. The van der Waals surface area contributed by atoms with Crippen molar-refractivity contribution in [2.45, 2.75) is 18.6 Å². The molecule has 7 nitrogen and oxygen atoms in total. The van der Waals surface area contributed by atoms with Crippen molar-refractivity contribution in [2.24, 2.45) is 5.92 Å². The lowest BCUT2D eigenvalue weighted by molar-refractivity contribution is -0.119. The van der Waals surface area contributed by atoms with Gasteiger partial charge in [0.25, 0.3) is 5.56 Å². The molecule has 1 fully saturated rings. The summed E-state index contributed by atoms with van der Waals surface area (Å²) in [6, 6.07) is 7.88. The highest BCUT2D eigenvalue weighted by atomic mass is 32.2. The Morgan fingerprint density at radius 2 is 2.00 bits per heavy atom. The lowest BCUT2D eigenvalue weighted by Crippen LogP contribution is -2.37. The van der Waals surface area contributed by atoms with E-state index in [2.05, 4.69) is 15.2 Å². The molecule has 1 aromatic carbocycles. The Hall–Kier alpha value is -2.32. The Bertz CT molecular complexity index is 891. The highest BCUT2D eigenvalue weighted by Crippen LogP contribution is 2.26. The number of nitrogens with zero attached hydrogens (tertiary/aromatic N) is 3. The van der Waals surface area contributed by atoms with E-state index in [-0.39, 0.29) is 17.4 Å². The standard InChI is InChI=1S/C19H22N4O3S/c1-13-10-20-19-23(18(13)25)11-14(12-27-19)17(24)21-15-2-4-16(5-3-15)22-6-8-26-9-7-22/h2-5,10,14H,6-9,11-12H2,1H3,(H,21,24). The van der Waals surface area contributed by atoms with Gasteiger partial charge in [0.05, 0.1) is 19.1 Å². The Balaban J connectivity index is 1.42. The summed E-state index contributed by atoms with van der Waals surface area (Å²) >= 11 is 1.45. The number of fused-ring (bicyclic) bond motifs is 1. The second kappa shape index (κ2) is 7.74. The minimum atomic E-state index is -0.261. The summed E-state index contributed by atoms with van der Waals surface area (Å²) in [6.07, 6.45) is 1.59. The van der Waals surface area contributed by atoms with Crippen molar-refractivity contribution in [3.05, 3.63) is 46.4 Å². The van der Waals surface area contributed by atoms with Crippen LogP contribution in [0.2, 0.25) is 0 Å². The molecule has 1 saturated heterocycles. The number of ether oxygens (including phenoxy) is 1. The number of carbonyl (C=O) groups excluding carboxylic acids is 1. The van der Waals surface area contributed by atoms with Gasteiger partial charge in [-0.25, -0.2) is 4.98 Å². The molecule has 1 atom stereocenters. The lowest BCUT2D eigenvalue weighted by Gasteiger charge is -2.29. The molecule has 8 heteroatoms. The van der Waals surface area contributed by atoms with E-state index >= 15 is 0 Å². The number of morpholine rings is 1. The third kappa shape index (κ3) is 3.86. The third-order valence-corrected chi connectivity index (χ3v) is 6.03. The first kappa shape index (κ1) is 18.1. The van der Waals surface area contributed by atoms with Crippen molar-refractivity contribution in [3.8, 4) is 0 Å². The van der Waals surface area contributed by atoms with Gasteiger partial charge in [0.2, 0.25) is 5.91 Å². The van der Waals surface area contributed by atoms with E-state index in [9.17, 15) is 9.59 Å². The number of thioether (sulfide) groups is 1. The van der Waals surface area contributed by atoms with Crippen molar-refractivity contribution >= 4 is 29.0 Å². The molecule has 142 valence electrons. The Labute approximate surface area is 161 Å². The number of nitrogens with one attached hydrogen (secondary N) is 1.